The minimum absolute atomic E-state index is 0.640. The second-order valence-corrected chi connectivity index (χ2v) is 2.76. The molecule has 0 spiro atoms. The number of halogens is 1. The molecule has 54 valence electrons. The van der Waals surface area contributed by atoms with Crippen LogP contribution in [0.1, 0.15) is 19.8 Å². The highest BCUT2D eigenvalue weighted by Gasteiger charge is 2.09. The van der Waals surface area contributed by atoms with Crippen molar-refractivity contribution in [3.8, 4) is 0 Å². The van der Waals surface area contributed by atoms with E-state index in [9.17, 15) is 4.79 Å². The van der Waals surface area contributed by atoms with Crippen LogP contribution in [0.4, 0.5) is 0 Å². The lowest BCUT2D eigenvalue weighted by molar-refractivity contribution is -0.105. The van der Waals surface area contributed by atoms with Crippen LogP contribution in [0.3, 0.4) is 0 Å². The molecule has 0 unspecified atom stereocenters. The van der Waals surface area contributed by atoms with E-state index in [4.69, 9.17) is 11.6 Å². The zero-order valence-corrected chi connectivity index (χ0v) is 6.61. The van der Waals surface area contributed by atoms with Crippen molar-refractivity contribution in [3.63, 3.8) is 0 Å². The van der Waals surface area contributed by atoms with Crippen molar-refractivity contribution in [2.75, 3.05) is 0 Å². The van der Waals surface area contributed by atoms with Gasteiger partial charge in [-0.2, -0.15) is 0 Å². The third kappa shape index (κ3) is 1.29. The van der Waals surface area contributed by atoms with Crippen LogP contribution >= 0.6 is 11.6 Å². The van der Waals surface area contributed by atoms with Crippen LogP contribution in [0.15, 0.2) is 22.3 Å². The molecule has 0 aromatic rings. The predicted molar refractivity (Wildman–Crippen MR) is 41.9 cm³/mol. The van der Waals surface area contributed by atoms with E-state index >= 15 is 0 Å². The Bertz CT molecular complexity index is 213. The Morgan fingerprint density at radius 1 is 1.70 bits per heavy atom. The van der Waals surface area contributed by atoms with Gasteiger partial charge in [-0.15, -0.1) is 0 Å². The molecule has 0 aromatic carbocycles. The van der Waals surface area contributed by atoms with E-state index in [0.29, 0.717) is 5.03 Å². The molecule has 0 amide bonds. The first-order chi connectivity index (χ1) is 4.75. The van der Waals surface area contributed by atoms with Crippen LogP contribution in [-0.4, -0.2) is 6.29 Å². The van der Waals surface area contributed by atoms with E-state index in [1.807, 2.05) is 6.92 Å². The smallest absolute Gasteiger partial charge is 0.147 e. The van der Waals surface area contributed by atoms with Crippen molar-refractivity contribution in [1.29, 1.82) is 0 Å². The third-order valence-electron chi connectivity index (χ3n) is 1.63. The van der Waals surface area contributed by atoms with E-state index in [-0.39, 0.29) is 0 Å². The molecule has 0 bridgehead atoms. The summed E-state index contributed by atoms with van der Waals surface area (Å²) in [6, 6.07) is 0. The van der Waals surface area contributed by atoms with Gasteiger partial charge in [0.15, 0.2) is 0 Å². The molecule has 0 fully saturated rings. The summed E-state index contributed by atoms with van der Waals surface area (Å²) in [6.07, 6.45) is 4.63. The molecule has 0 saturated carbocycles. The predicted octanol–water partition coefficient (Wildman–Crippen LogP) is 2.42. The third-order valence-corrected chi connectivity index (χ3v) is 2.18. The van der Waals surface area contributed by atoms with Crippen molar-refractivity contribution >= 4 is 17.9 Å². The van der Waals surface area contributed by atoms with Crippen LogP contribution < -0.4 is 0 Å². The SMILES string of the molecule is CC1=CCCC(C=O)=C1Cl. The highest BCUT2D eigenvalue weighted by Crippen LogP contribution is 2.26. The molecule has 0 N–H and O–H groups in total. The first-order valence-electron chi connectivity index (χ1n) is 3.26. The summed E-state index contributed by atoms with van der Waals surface area (Å²) in [6.45, 7) is 1.92. The number of hydrogen-bond donors (Lipinski definition) is 0. The van der Waals surface area contributed by atoms with Crippen molar-refractivity contribution < 1.29 is 4.79 Å². The molecule has 0 atom stereocenters. The summed E-state index contributed by atoms with van der Waals surface area (Å²) in [4.78, 5) is 10.3. The molecule has 1 aliphatic carbocycles. The Balaban J connectivity index is 2.95. The first kappa shape index (κ1) is 7.55. The fourth-order valence-corrected chi connectivity index (χ4v) is 1.22. The molecular weight excluding hydrogens is 148 g/mol. The van der Waals surface area contributed by atoms with Gasteiger partial charge in [0.25, 0.3) is 0 Å². The largest absolute Gasteiger partial charge is 0.298 e. The maximum Gasteiger partial charge on any atom is 0.147 e. The van der Waals surface area contributed by atoms with Gasteiger partial charge in [0.2, 0.25) is 0 Å². The maximum absolute atomic E-state index is 10.3. The number of hydrogen-bond acceptors (Lipinski definition) is 1. The van der Waals surface area contributed by atoms with Gasteiger partial charge in [-0.05, 0) is 25.3 Å². The first-order valence-corrected chi connectivity index (χ1v) is 3.64. The topological polar surface area (TPSA) is 17.1 Å². The summed E-state index contributed by atoms with van der Waals surface area (Å²) < 4.78 is 0. The van der Waals surface area contributed by atoms with Crippen molar-refractivity contribution in [1.82, 2.24) is 0 Å². The van der Waals surface area contributed by atoms with Gasteiger partial charge in [0.1, 0.15) is 6.29 Å². The molecule has 1 aliphatic rings. The summed E-state index contributed by atoms with van der Waals surface area (Å²) in [5.41, 5.74) is 1.76. The minimum atomic E-state index is 0.640. The van der Waals surface area contributed by atoms with Crippen LogP contribution in [0, 0.1) is 0 Å². The van der Waals surface area contributed by atoms with Gasteiger partial charge >= 0.3 is 0 Å². The van der Waals surface area contributed by atoms with Crippen molar-refractivity contribution in [2.24, 2.45) is 0 Å². The molecule has 1 nitrogen and oxygen atoms in total. The Hall–Kier alpha value is -0.560. The Morgan fingerprint density at radius 2 is 2.40 bits per heavy atom. The molecule has 10 heavy (non-hydrogen) atoms. The standard InChI is InChI=1S/C8H9ClO/c1-6-3-2-4-7(5-10)8(6)9/h3,5H,2,4H2,1H3. The number of carbonyl (C=O) groups is 1. The summed E-state index contributed by atoms with van der Waals surface area (Å²) in [5, 5.41) is 0.640. The Kier molecular flexibility index (Phi) is 2.28. The van der Waals surface area contributed by atoms with E-state index in [0.717, 1.165) is 30.3 Å². The summed E-state index contributed by atoms with van der Waals surface area (Å²) >= 11 is 5.81. The highest BCUT2D eigenvalue weighted by molar-refractivity contribution is 6.33. The van der Waals surface area contributed by atoms with Crippen molar-refractivity contribution in [3.05, 3.63) is 22.3 Å². The van der Waals surface area contributed by atoms with Gasteiger partial charge in [-0.25, -0.2) is 0 Å². The zero-order chi connectivity index (χ0) is 7.56. The molecule has 0 aromatic heterocycles. The second-order valence-electron chi connectivity index (χ2n) is 2.38. The van der Waals surface area contributed by atoms with E-state index < -0.39 is 0 Å². The van der Waals surface area contributed by atoms with Crippen LogP contribution in [0.25, 0.3) is 0 Å². The van der Waals surface area contributed by atoms with E-state index in [1.165, 1.54) is 0 Å². The lowest BCUT2D eigenvalue weighted by atomic mass is 10.0. The van der Waals surface area contributed by atoms with Gasteiger partial charge in [0.05, 0.1) is 0 Å². The molecule has 2 heteroatoms. The number of carbonyl (C=O) groups excluding carboxylic acids is 1. The normalized spacial score (nSPS) is 18.8. The van der Waals surface area contributed by atoms with Gasteiger partial charge in [-0.1, -0.05) is 17.7 Å². The highest BCUT2D eigenvalue weighted by atomic mass is 35.5. The van der Waals surface area contributed by atoms with Crippen LogP contribution in [0.5, 0.6) is 0 Å². The van der Waals surface area contributed by atoms with Gasteiger partial charge < -0.3 is 0 Å². The number of rotatable bonds is 1. The quantitative estimate of drug-likeness (QED) is 0.533. The lowest BCUT2D eigenvalue weighted by Gasteiger charge is -2.09. The molecule has 0 radical (unpaired) electrons. The van der Waals surface area contributed by atoms with Crippen LogP contribution in [-0.2, 0) is 4.79 Å². The molecular formula is C8H9ClO. The Morgan fingerprint density at radius 3 is 2.90 bits per heavy atom. The average Bonchev–Trinajstić information content (AvgIpc) is 1.95. The summed E-state index contributed by atoms with van der Waals surface area (Å²) in [5.74, 6) is 0. The zero-order valence-electron chi connectivity index (χ0n) is 5.86. The molecule has 0 aliphatic heterocycles. The molecule has 1 rings (SSSR count). The van der Waals surface area contributed by atoms with E-state index in [2.05, 4.69) is 6.08 Å². The van der Waals surface area contributed by atoms with E-state index in [1.54, 1.807) is 0 Å². The molecule has 0 saturated heterocycles. The molecule has 0 heterocycles. The minimum Gasteiger partial charge on any atom is -0.298 e. The second kappa shape index (κ2) is 3.02. The van der Waals surface area contributed by atoms with Gasteiger partial charge in [0, 0.05) is 10.6 Å². The number of aldehydes is 1. The average molecular weight is 157 g/mol. The van der Waals surface area contributed by atoms with Crippen molar-refractivity contribution in [2.45, 2.75) is 19.8 Å². The fraction of sp³-hybridized carbons (Fsp3) is 0.375. The van der Waals surface area contributed by atoms with Crippen LogP contribution in [0.2, 0.25) is 0 Å². The Labute approximate surface area is 65.4 Å². The van der Waals surface area contributed by atoms with Gasteiger partial charge in [-0.3, -0.25) is 4.79 Å². The lowest BCUT2D eigenvalue weighted by Crippen LogP contribution is -1.95. The maximum atomic E-state index is 10.3. The summed E-state index contributed by atoms with van der Waals surface area (Å²) in [7, 11) is 0. The monoisotopic (exact) mass is 156 g/mol. The number of allylic oxidation sites excluding steroid dienone is 4. The fourth-order valence-electron chi connectivity index (χ4n) is 1.01.